The molecule has 1 aromatic carbocycles. The molecule has 2 aromatic rings. The second-order valence-electron chi connectivity index (χ2n) is 7.76. The highest BCUT2D eigenvalue weighted by molar-refractivity contribution is 5.77. The maximum Gasteiger partial charge on any atom is 0.410 e. The first-order chi connectivity index (χ1) is 12.6. The molecule has 0 radical (unpaired) electrons. The van der Waals surface area contributed by atoms with E-state index in [1.165, 1.54) is 12.1 Å². The second kappa shape index (κ2) is 7.05. The van der Waals surface area contributed by atoms with Crippen molar-refractivity contribution in [1.29, 1.82) is 0 Å². The quantitative estimate of drug-likeness (QED) is 0.593. The normalized spacial score (nSPS) is 17.3. The largest absolute Gasteiger partial charge is 0.444 e. The third kappa shape index (κ3) is 4.29. The van der Waals surface area contributed by atoms with Crippen molar-refractivity contribution in [3.8, 4) is 0 Å². The Hall–Kier alpha value is -2.84. The highest BCUT2D eigenvalue weighted by Gasteiger charge is 2.33. The van der Waals surface area contributed by atoms with Gasteiger partial charge in [0.05, 0.1) is 11.0 Å². The van der Waals surface area contributed by atoms with Crippen LogP contribution in [-0.4, -0.2) is 52.7 Å². The molecular weight excluding hydrogens is 352 g/mol. The predicted molar refractivity (Wildman–Crippen MR) is 99.9 cm³/mol. The molecule has 0 bridgehead atoms. The monoisotopic (exact) mass is 376 g/mol. The number of carbonyl (C=O) groups is 1. The number of benzene rings is 1. The van der Waals surface area contributed by atoms with Crippen LogP contribution in [0.1, 0.15) is 33.6 Å². The van der Waals surface area contributed by atoms with Gasteiger partial charge in [-0.2, -0.15) is 4.98 Å². The minimum absolute atomic E-state index is 0.00537. The van der Waals surface area contributed by atoms with Crippen LogP contribution >= 0.6 is 0 Å². The van der Waals surface area contributed by atoms with E-state index in [-0.39, 0.29) is 17.8 Å². The van der Waals surface area contributed by atoms with Gasteiger partial charge in [0.25, 0.3) is 11.7 Å². The zero-order valence-electron chi connectivity index (χ0n) is 16.0. The number of hydrogen-bond donors (Lipinski definition) is 0. The Bertz CT molecular complexity index is 857. The van der Waals surface area contributed by atoms with Gasteiger partial charge in [-0.1, -0.05) is 0 Å². The van der Waals surface area contributed by atoms with Crippen LogP contribution in [0, 0.1) is 10.1 Å². The number of hydrogen-bond acceptors (Lipinski definition) is 7. The molecule has 0 N–H and O–H groups in total. The molecule has 1 saturated heterocycles. The van der Waals surface area contributed by atoms with Crippen LogP contribution < -0.4 is 4.90 Å². The van der Waals surface area contributed by atoms with E-state index in [1.807, 2.05) is 32.7 Å². The maximum atomic E-state index is 12.4. The van der Waals surface area contributed by atoms with Gasteiger partial charge >= 0.3 is 6.09 Å². The Morgan fingerprint density at radius 1 is 1.48 bits per heavy atom. The van der Waals surface area contributed by atoms with Crippen molar-refractivity contribution in [2.24, 2.45) is 0 Å². The van der Waals surface area contributed by atoms with Crippen LogP contribution in [-0.2, 0) is 4.74 Å². The fraction of sp³-hybridized carbons (Fsp3) is 0.556. The SMILES string of the molecule is CN(CC1CCCN1C(=O)OC(C)(C)C)c1nc2cc([N+](=O)[O-])ccc2o1. The van der Waals surface area contributed by atoms with Crippen molar-refractivity contribution in [2.75, 3.05) is 25.0 Å². The Morgan fingerprint density at radius 3 is 2.89 bits per heavy atom. The smallest absolute Gasteiger partial charge is 0.410 e. The van der Waals surface area contributed by atoms with Gasteiger partial charge in [-0.3, -0.25) is 10.1 Å². The van der Waals surface area contributed by atoms with Crippen molar-refractivity contribution < 1.29 is 18.9 Å². The van der Waals surface area contributed by atoms with Crippen molar-refractivity contribution in [3.05, 3.63) is 28.3 Å². The van der Waals surface area contributed by atoms with Crippen molar-refractivity contribution in [2.45, 2.75) is 45.3 Å². The number of nitro benzene ring substituents is 1. The van der Waals surface area contributed by atoms with Crippen LogP contribution in [0.4, 0.5) is 16.5 Å². The Balaban J connectivity index is 1.72. The number of ether oxygens (including phenoxy) is 1. The topological polar surface area (TPSA) is 102 Å². The Kier molecular flexibility index (Phi) is 4.95. The van der Waals surface area contributed by atoms with Gasteiger partial charge in [0, 0.05) is 32.3 Å². The summed E-state index contributed by atoms with van der Waals surface area (Å²) in [4.78, 5) is 30.8. The number of nitro groups is 1. The maximum absolute atomic E-state index is 12.4. The summed E-state index contributed by atoms with van der Waals surface area (Å²) in [6.45, 7) is 6.74. The zero-order chi connectivity index (χ0) is 19.8. The van der Waals surface area contributed by atoms with Gasteiger partial charge in [-0.25, -0.2) is 4.79 Å². The molecule has 0 saturated carbocycles. The minimum Gasteiger partial charge on any atom is -0.444 e. The number of likely N-dealkylation sites (N-methyl/N-ethyl adjacent to an activating group) is 1. The number of carbonyl (C=O) groups excluding carboxylic acids is 1. The van der Waals surface area contributed by atoms with Gasteiger partial charge < -0.3 is 19.0 Å². The van der Waals surface area contributed by atoms with Crippen molar-refractivity contribution in [1.82, 2.24) is 9.88 Å². The Labute approximate surface area is 157 Å². The number of non-ortho nitro benzene ring substituents is 1. The van der Waals surface area contributed by atoms with Crippen LogP contribution in [0.2, 0.25) is 0 Å². The summed E-state index contributed by atoms with van der Waals surface area (Å²) in [7, 11) is 1.82. The molecular formula is C18H24N4O5. The van der Waals surface area contributed by atoms with E-state index in [2.05, 4.69) is 4.98 Å². The molecule has 1 amide bonds. The standard InChI is InChI=1S/C18H24N4O5/c1-18(2,3)27-17(23)21-9-5-6-13(21)11-20(4)16-19-14-10-12(22(24)25)7-8-15(14)26-16/h7-8,10,13H,5-6,9,11H2,1-4H3. The molecule has 1 aromatic heterocycles. The van der Waals surface area contributed by atoms with E-state index in [0.717, 1.165) is 12.8 Å². The summed E-state index contributed by atoms with van der Waals surface area (Å²) < 4.78 is 11.2. The number of amides is 1. The number of anilines is 1. The van der Waals surface area contributed by atoms with Crippen LogP contribution in [0.15, 0.2) is 22.6 Å². The number of oxazole rings is 1. The molecule has 0 aliphatic carbocycles. The van der Waals surface area contributed by atoms with E-state index in [9.17, 15) is 14.9 Å². The van der Waals surface area contributed by atoms with Gasteiger partial charge in [-0.05, 0) is 39.7 Å². The van der Waals surface area contributed by atoms with E-state index in [1.54, 1.807) is 11.0 Å². The molecule has 27 heavy (non-hydrogen) atoms. The van der Waals surface area contributed by atoms with E-state index >= 15 is 0 Å². The van der Waals surface area contributed by atoms with Crippen LogP contribution in [0.5, 0.6) is 0 Å². The summed E-state index contributed by atoms with van der Waals surface area (Å²) in [6, 6.07) is 4.67. The number of likely N-dealkylation sites (tertiary alicyclic amines) is 1. The van der Waals surface area contributed by atoms with E-state index in [4.69, 9.17) is 9.15 Å². The summed E-state index contributed by atoms with van der Waals surface area (Å²) in [5, 5.41) is 10.9. The van der Waals surface area contributed by atoms with Gasteiger partial charge in [-0.15, -0.1) is 0 Å². The molecule has 146 valence electrons. The fourth-order valence-corrected chi connectivity index (χ4v) is 3.16. The highest BCUT2D eigenvalue weighted by Crippen LogP contribution is 2.27. The zero-order valence-corrected chi connectivity index (χ0v) is 16.0. The molecule has 0 spiro atoms. The average Bonchev–Trinajstić information content (AvgIpc) is 3.18. The number of fused-ring (bicyclic) bond motifs is 1. The van der Waals surface area contributed by atoms with Crippen LogP contribution in [0.25, 0.3) is 11.1 Å². The lowest BCUT2D eigenvalue weighted by atomic mass is 10.2. The number of aromatic nitrogens is 1. The molecule has 9 heteroatoms. The minimum atomic E-state index is -0.537. The number of rotatable bonds is 4. The first-order valence-electron chi connectivity index (χ1n) is 8.90. The van der Waals surface area contributed by atoms with Crippen molar-refractivity contribution >= 4 is 28.9 Å². The third-order valence-electron chi connectivity index (χ3n) is 4.39. The lowest BCUT2D eigenvalue weighted by Gasteiger charge is -2.30. The van der Waals surface area contributed by atoms with Gasteiger partial charge in [0.2, 0.25) is 0 Å². The molecule has 1 fully saturated rings. The summed E-state index contributed by atoms with van der Waals surface area (Å²) in [6.07, 6.45) is 1.47. The second-order valence-corrected chi connectivity index (χ2v) is 7.76. The van der Waals surface area contributed by atoms with E-state index < -0.39 is 10.5 Å². The lowest BCUT2D eigenvalue weighted by molar-refractivity contribution is -0.384. The van der Waals surface area contributed by atoms with E-state index in [0.29, 0.717) is 30.2 Å². The molecule has 2 heterocycles. The molecule has 1 aliphatic rings. The Morgan fingerprint density at radius 2 is 2.22 bits per heavy atom. The molecule has 3 rings (SSSR count). The predicted octanol–water partition coefficient (Wildman–Crippen LogP) is 3.57. The average molecular weight is 376 g/mol. The van der Waals surface area contributed by atoms with Crippen LogP contribution in [0.3, 0.4) is 0 Å². The molecule has 1 aliphatic heterocycles. The van der Waals surface area contributed by atoms with Gasteiger partial charge in [0.15, 0.2) is 5.58 Å². The first kappa shape index (κ1) is 18.9. The molecule has 9 nitrogen and oxygen atoms in total. The highest BCUT2D eigenvalue weighted by atomic mass is 16.6. The van der Waals surface area contributed by atoms with Gasteiger partial charge in [0.1, 0.15) is 11.1 Å². The first-order valence-corrected chi connectivity index (χ1v) is 8.90. The molecule has 1 unspecified atom stereocenters. The molecule has 1 atom stereocenters. The fourth-order valence-electron chi connectivity index (χ4n) is 3.16. The third-order valence-corrected chi connectivity index (χ3v) is 4.39. The summed E-state index contributed by atoms with van der Waals surface area (Å²) >= 11 is 0. The summed E-state index contributed by atoms with van der Waals surface area (Å²) in [5.41, 5.74) is 0.349. The van der Waals surface area contributed by atoms with Crippen molar-refractivity contribution in [3.63, 3.8) is 0 Å². The lowest BCUT2D eigenvalue weighted by Crippen LogP contribution is -2.44. The summed E-state index contributed by atoms with van der Waals surface area (Å²) in [5.74, 6) is 0. The number of nitrogens with zero attached hydrogens (tertiary/aromatic N) is 4.